The van der Waals surface area contributed by atoms with E-state index in [4.69, 9.17) is 0 Å². The van der Waals surface area contributed by atoms with Gasteiger partial charge in [-0.05, 0) is 6.92 Å². The second-order valence-corrected chi connectivity index (χ2v) is 3.90. The van der Waals surface area contributed by atoms with E-state index >= 15 is 0 Å². The van der Waals surface area contributed by atoms with E-state index in [0.717, 1.165) is 11.3 Å². The predicted molar refractivity (Wildman–Crippen MR) is 61.2 cm³/mol. The zero-order valence-electron chi connectivity index (χ0n) is 9.83. The molecule has 2 heterocycles. The van der Waals surface area contributed by atoms with Crippen LogP contribution < -0.4 is 10.6 Å². The summed E-state index contributed by atoms with van der Waals surface area (Å²) in [5.41, 5.74) is 1.76. The van der Waals surface area contributed by atoms with Crippen LogP contribution >= 0.6 is 0 Å². The van der Waals surface area contributed by atoms with Crippen LogP contribution in [0.5, 0.6) is 0 Å². The Morgan fingerprint density at radius 3 is 2.88 bits per heavy atom. The van der Waals surface area contributed by atoms with E-state index in [1.807, 2.05) is 6.92 Å². The molecule has 3 N–H and O–H groups in total. The standard InChI is InChI=1S/C10H15N5O2/c1-3-11-10(17)15-4-7-8(5-15)13-14-9(7)12-6(2)16/h3-5H2,1-2H3,(H,11,17)(H2,12,13,14,16). The van der Waals surface area contributed by atoms with E-state index in [-0.39, 0.29) is 11.9 Å². The van der Waals surface area contributed by atoms with Gasteiger partial charge in [0.25, 0.3) is 0 Å². The van der Waals surface area contributed by atoms with Gasteiger partial charge in [-0.25, -0.2) is 4.79 Å². The summed E-state index contributed by atoms with van der Waals surface area (Å²) >= 11 is 0. The summed E-state index contributed by atoms with van der Waals surface area (Å²) in [4.78, 5) is 24.3. The van der Waals surface area contributed by atoms with Crippen LogP contribution in [0, 0.1) is 0 Å². The van der Waals surface area contributed by atoms with Gasteiger partial charge in [-0.1, -0.05) is 0 Å². The van der Waals surface area contributed by atoms with Crippen LogP contribution in [0.2, 0.25) is 0 Å². The predicted octanol–water partition coefficient (Wildman–Crippen LogP) is 0.413. The van der Waals surface area contributed by atoms with E-state index < -0.39 is 0 Å². The highest BCUT2D eigenvalue weighted by atomic mass is 16.2. The summed E-state index contributed by atoms with van der Waals surface area (Å²) in [6.07, 6.45) is 0. The number of aromatic amines is 1. The van der Waals surface area contributed by atoms with E-state index in [9.17, 15) is 9.59 Å². The molecule has 0 spiro atoms. The van der Waals surface area contributed by atoms with Gasteiger partial charge in [-0.15, -0.1) is 0 Å². The maximum atomic E-state index is 11.6. The van der Waals surface area contributed by atoms with Crippen LogP contribution in [0.25, 0.3) is 0 Å². The SMILES string of the molecule is CCNC(=O)N1Cc2[nH]nc(NC(C)=O)c2C1. The molecule has 17 heavy (non-hydrogen) atoms. The van der Waals surface area contributed by atoms with Crippen molar-refractivity contribution < 1.29 is 9.59 Å². The lowest BCUT2D eigenvalue weighted by atomic mass is 10.3. The third-order valence-corrected chi connectivity index (χ3v) is 2.56. The minimum Gasteiger partial charge on any atom is -0.338 e. The molecule has 0 saturated carbocycles. The van der Waals surface area contributed by atoms with Crippen molar-refractivity contribution in [2.24, 2.45) is 0 Å². The minimum atomic E-state index is -0.171. The molecule has 0 radical (unpaired) electrons. The second-order valence-electron chi connectivity index (χ2n) is 3.90. The summed E-state index contributed by atoms with van der Waals surface area (Å²) in [5, 5.41) is 12.2. The smallest absolute Gasteiger partial charge is 0.318 e. The largest absolute Gasteiger partial charge is 0.338 e. The molecule has 1 aromatic heterocycles. The number of carbonyl (C=O) groups is 2. The Hall–Kier alpha value is -2.05. The first-order chi connectivity index (χ1) is 8.11. The van der Waals surface area contributed by atoms with Gasteiger partial charge >= 0.3 is 6.03 Å². The molecule has 1 aliphatic heterocycles. The third-order valence-electron chi connectivity index (χ3n) is 2.56. The maximum absolute atomic E-state index is 11.6. The van der Waals surface area contributed by atoms with Gasteiger partial charge in [0.15, 0.2) is 5.82 Å². The average molecular weight is 237 g/mol. The second kappa shape index (κ2) is 4.44. The molecule has 1 aliphatic rings. The van der Waals surface area contributed by atoms with E-state index in [1.165, 1.54) is 6.92 Å². The molecule has 0 aromatic carbocycles. The molecular weight excluding hydrogens is 222 g/mol. The zero-order chi connectivity index (χ0) is 12.4. The Bertz CT molecular complexity index is 454. The Labute approximate surface area is 98.6 Å². The summed E-state index contributed by atoms with van der Waals surface area (Å²) in [7, 11) is 0. The average Bonchev–Trinajstić information content (AvgIpc) is 2.80. The molecule has 0 bridgehead atoms. The maximum Gasteiger partial charge on any atom is 0.318 e. The molecule has 0 saturated heterocycles. The number of aromatic nitrogens is 2. The number of carbonyl (C=O) groups excluding carboxylic acids is 2. The molecule has 92 valence electrons. The lowest BCUT2D eigenvalue weighted by Gasteiger charge is -2.15. The number of amides is 3. The fraction of sp³-hybridized carbons (Fsp3) is 0.500. The molecule has 3 amide bonds. The quantitative estimate of drug-likeness (QED) is 0.696. The van der Waals surface area contributed by atoms with Crippen molar-refractivity contribution in [3.8, 4) is 0 Å². The van der Waals surface area contributed by atoms with Crippen LogP contribution in [0.1, 0.15) is 25.1 Å². The Morgan fingerprint density at radius 2 is 2.24 bits per heavy atom. The van der Waals surface area contributed by atoms with E-state index in [1.54, 1.807) is 4.90 Å². The molecule has 2 rings (SSSR count). The van der Waals surface area contributed by atoms with Crippen LogP contribution in [-0.2, 0) is 17.9 Å². The first-order valence-corrected chi connectivity index (χ1v) is 5.48. The van der Waals surface area contributed by atoms with Crippen molar-refractivity contribution in [1.29, 1.82) is 0 Å². The summed E-state index contributed by atoms with van der Waals surface area (Å²) in [6.45, 7) is 4.86. The third kappa shape index (κ3) is 2.22. The number of rotatable bonds is 2. The Kier molecular flexibility index (Phi) is 2.99. The lowest BCUT2D eigenvalue weighted by Crippen LogP contribution is -2.36. The number of urea groups is 1. The molecule has 0 fully saturated rings. The van der Waals surface area contributed by atoms with Crippen LogP contribution in [0.3, 0.4) is 0 Å². The molecule has 7 nitrogen and oxygen atoms in total. The minimum absolute atomic E-state index is 0.106. The summed E-state index contributed by atoms with van der Waals surface area (Å²) in [6, 6.07) is -0.106. The van der Waals surface area contributed by atoms with Gasteiger partial charge < -0.3 is 15.5 Å². The molecular formula is C10H15N5O2. The first-order valence-electron chi connectivity index (χ1n) is 5.48. The van der Waals surface area contributed by atoms with Crippen LogP contribution in [0.15, 0.2) is 0 Å². The van der Waals surface area contributed by atoms with Crippen molar-refractivity contribution in [2.75, 3.05) is 11.9 Å². The number of nitrogens with zero attached hydrogens (tertiary/aromatic N) is 2. The van der Waals surface area contributed by atoms with Crippen LogP contribution in [0.4, 0.5) is 10.6 Å². The van der Waals surface area contributed by atoms with Gasteiger partial charge in [0.2, 0.25) is 5.91 Å². The van der Waals surface area contributed by atoms with E-state index in [2.05, 4.69) is 20.8 Å². The molecule has 0 atom stereocenters. The number of H-pyrrole nitrogens is 1. The van der Waals surface area contributed by atoms with Gasteiger partial charge in [-0.2, -0.15) is 5.10 Å². The molecule has 7 heteroatoms. The topological polar surface area (TPSA) is 90.1 Å². The fourth-order valence-electron chi connectivity index (χ4n) is 1.82. The Balaban J connectivity index is 2.09. The van der Waals surface area contributed by atoms with E-state index in [0.29, 0.717) is 25.5 Å². The number of nitrogens with one attached hydrogen (secondary N) is 3. The van der Waals surface area contributed by atoms with Gasteiger partial charge in [0.1, 0.15) is 0 Å². The van der Waals surface area contributed by atoms with Crippen molar-refractivity contribution >= 4 is 17.8 Å². The van der Waals surface area contributed by atoms with Gasteiger partial charge in [-0.3, -0.25) is 9.89 Å². The lowest BCUT2D eigenvalue weighted by molar-refractivity contribution is -0.114. The number of anilines is 1. The van der Waals surface area contributed by atoms with Crippen molar-refractivity contribution in [1.82, 2.24) is 20.4 Å². The van der Waals surface area contributed by atoms with Crippen molar-refractivity contribution in [3.63, 3.8) is 0 Å². The fourth-order valence-corrected chi connectivity index (χ4v) is 1.82. The first kappa shape index (κ1) is 11.4. The van der Waals surface area contributed by atoms with Crippen molar-refractivity contribution in [3.05, 3.63) is 11.3 Å². The Morgan fingerprint density at radius 1 is 1.47 bits per heavy atom. The summed E-state index contributed by atoms with van der Waals surface area (Å²) < 4.78 is 0. The molecule has 0 aliphatic carbocycles. The monoisotopic (exact) mass is 237 g/mol. The normalized spacial score (nSPS) is 13.4. The van der Waals surface area contributed by atoms with Crippen molar-refractivity contribution in [2.45, 2.75) is 26.9 Å². The summed E-state index contributed by atoms with van der Waals surface area (Å²) in [5.74, 6) is 0.343. The number of fused-ring (bicyclic) bond motifs is 1. The van der Waals surface area contributed by atoms with Gasteiger partial charge in [0.05, 0.1) is 18.8 Å². The number of hydrogen-bond donors (Lipinski definition) is 3. The van der Waals surface area contributed by atoms with Gasteiger partial charge in [0, 0.05) is 19.0 Å². The zero-order valence-corrected chi connectivity index (χ0v) is 9.83. The highest BCUT2D eigenvalue weighted by molar-refractivity contribution is 5.88. The highest BCUT2D eigenvalue weighted by Crippen LogP contribution is 2.26. The van der Waals surface area contributed by atoms with Crippen LogP contribution in [-0.4, -0.2) is 33.6 Å². The highest BCUT2D eigenvalue weighted by Gasteiger charge is 2.28. The molecule has 0 unspecified atom stereocenters. The number of hydrogen-bond acceptors (Lipinski definition) is 3. The molecule has 1 aromatic rings.